The molecule has 1 rings (SSSR count). The van der Waals surface area contributed by atoms with E-state index in [1.807, 2.05) is 22.6 Å². The quantitative estimate of drug-likeness (QED) is 0.776. The van der Waals surface area contributed by atoms with Crippen molar-refractivity contribution >= 4 is 22.6 Å². The van der Waals surface area contributed by atoms with Gasteiger partial charge in [-0.05, 0) is 46.7 Å². The van der Waals surface area contributed by atoms with E-state index in [1.54, 1.807) is 12.1 Å². The van der Waals surface area contributed by atoms with Crippen molar-refractivity contribution in [3.63, 3.8) is 0 Å². The first kappa shape index (κ1) is 10.8. The summed E-state index contributed by atoms with van der Waals surface area (Å²) >= 11 is 1.95. The van der Waals surface area contributed by atoms with Gasteiger partial charge in [-0.25, -0.2) is 4.39 Å². The highest BCUT2D eigenvalue weighted by molar-refractivity contribution is 14.1. The van der Waals surface area contributed by atoms with Crippen molar-refractivity contribution in [2.75, 3.05) is 6.61 Å². The zero-order chi connectivity index (χ0) is 9.84. The molecule has 0 radical (unpaired) electrons. The summed E-state index contributed by atoms with van der Waals surface area (Å²) < 4.78 is 18.9. The van der Waals surface area contributed by atoms with Gasteiger partial charge in [-0.15, -0.1) is 0 Å². The summed E-state index contributed by atoms with van der Waals surface area (Å²) in [6.07, 6.45) is 0. The molecule has 72 valence electrons. The Morgan fingerprint density at radius 3 is 2.69 bits per heavy atom. The molecule has 0 amide bonds. The Balaban J connectivity index is 2.63. The molecular formula is C10H12FIO. The fourth-order valence-electron chi connectivity index (χ4n) is 0.830. The van der Waals surface area contributed by atoms with Gasteiger partial charge in [0.15, 0.2) is 0 Å². The molecular weight excluding hydrogens is 282 g/mol. The first-order valence-corrected chi connectivity index (χ1v) is 5.25. The van der Waals surface area contributed by atoms with Crippen LogP contribution in [-0.4, -0.2) is 6.61 Å². The number of hydrogen-bond acceptors (Lipinski definition) is 1. The number of hydrogen-bond donors (Lipinski definition) is 0. The van der Waals surface area contributed by atoms with Crippen molar-refractivity contribution in [1.82, 2.24) is 0 Å². The second-order valence-corrected chi connectivity index (χ2v) is 4.44. The van der Waals surface area contributed by atoms with E-state index in [2.05, 4.69) is 13.8 Å². The van der Waals surface area contributed by atoms with Gasteiger partial charge in [0.1, 0.15) is 11.6 Å². The Morgan fingerprint density at radius 2 is 2.15 bits per heavy atom. The lowest BCUT2D eigenvalue weighted by molar-refractivity contribution is 0.270. The van der Waals surface area contributed by atoms with Gasteiger partial charge < -0.3 is 4.74 Å². The molecule has 0 spiro atoms. The van der Waals surface area contributed by atoms with Crippen molar-refractivity contribution in [2.45, 2.75) is 13.8 Å². The fraction of sp³-hybridized carbons (Fsp3) is 0.400. The molecule has 0 N–H and O–H groups in total. The second-order valence-electron chi connectivity index (χ2n) is 3.28. The molecule has 0 saturated heterocycles. The highest BCUT2D eigenvalue weighted by atomic mass is 127. The van der Waals surface area contributed by atoms with Crippen LogP contribution >= 0.6 is 22.6 Å². The van der Waals surface area contributed by atoms with Gasteiger partial charge in [0, 0.05) is 0 Å². The van der Waals surface area contributed by atoms with E-state index >= 15 is 0 Å². The molecule has 0 unspecified atom stereocenters. The van der Waals surface area contributed by atoms with Crippen molar-refractivity contribution in [3.8, 4) is 5.75 Å². The van der Waals surface area contributed by atoms with Crippen LogP contribution in [0.1, 0.15) is 13.8 Å². The third-order valence-corrected chi connectivity index (χ3v) is 2.30. The van der Waals surface area contributed by atoms with Gasteiger partial charge >= 0.3 is 0 Å². The molecule has 0 heterocycles. The SMILES string of the molecule is CC(C)COc1ccc(F)c(I)c1. The lowest BCUT2D eigenvalue weighted by Crippen LogP contribution is -2.04. The normalized spacial score (nSPS) is 10.5. The third-order valence-electron chi connectivity index (χ3n) is 1.47. The first-order valence-electron chi connectivity index (χ1n) is 4.17. The van der Waals surface area contributed by atoms with Gasteiger partial charge in [0.05, 0.1) is 10.2 Å². The molecule has 0 bridgehead atoms. The smallest absolute Gasteiger partial charge is 0.136 e. The van der Waals surface area contributed by atoms with E-state index in [0.717, 1.165) is 5.75 Å². The van der Waals surface area contributed by atoms with Crippen LogP contribution in [0.2, 0.25) is 0 Å². The topological polar surface area (TPSA) is 9.23 Å². The van der Waals surface area contributed by atoms with Crippen LogP contribution in [0.5, 0.6) is 5.75 Å². The summed E-state index contributed by atoms with van der Waals surface area (Å²) in [5.74, 6) is 1.03. The summed E-state index contributed by atoms with van der Waals surface area (Å²) in [7, 11) is 0. The molecule has 1 aromatic rings. The monoisotopic (exact) mass is 294 g/mol. The van der Waals surface area contributed by atoms with Crippen molar-refractivity contribution in [3.05, 3.63) is 27.6 Å². The molecule has 0 aliphatic heterocycles. The Labute approximate surface area is 91.4 Å². The number of rotatable bonds is 3. The Kier molecular flexibility index (Phi) is 3.96. The van der Waals surface area contributed by atoms with Crippen LogP contribution in [0, 0.1) is 15.3 Å². The van der Waals surface area contributed by atoms with Crippen molar-refractivity contribution in [1.29, 1.82) is 0 Å². The van der Waals surface area contributed by atoms with Gasteiger partial charge in [0.25, 0.3) is 0 Å². The van der Waals surface area contributed by atoms with Gasteiger partial charge in [0.2, 0.25) is 0 Å². The first-order chi connectivity index (χ1) is 6.09. The Morgan fingerprint density at radius 1 is 1.46 bits per heavy atom. The maximum atomic E-state index is 12.8. The molecule has 0 atom stereocenters. The highest BCUT2D eigenvalue weighted by Gasteiger charge is 2.01. The molecule has 1 aromatic carbocycles. The molecule has 0 fully saturated rings. The largest absolute Gasteiger partial charge is 0.493 e. The predicted molar refractivity (Wildman–Crippen MR) is 59.5 cm³/mol. The summed E-state index contributed by atoms with van der Waals surface area (Å²) in [5.41, 5.74) is 0. The third kappa shape index (κ3) is 3.50. The molecule has 0 aromatic heterocycles. The fourth-order valence-corrected chi connectivity index (χ4v) is 1.32. The molecule has 0 aliphatic rings. The maximum Gasteiger partial charge on any atom is 0.136 e. The number of halogens is 2. The molecule has 0 saturated carbocycles. The minimum Gasteiger partial charge on any atom is -0.493 e. The lowest BCUT2D eigenvalue weighted by atomic mass is 10.2. The summed E-state index contributed by atoms with van der Waals surface area (Å²) in [6.45, 7) is 4.82. The molecule has 0 aliphatic carbocycles. The van der Waals surface area contributed by atoms with Crippen LogP contribution in [0.25, 0.3) is 0 Å². The number of benzene rings is 1. The average molecular weight is 294 g/mol. The summed E-state index contributed by atoms with van der Waals surface area (Å²) in [5, 5.41) is 0. The van der Waals surface area contributed by atoms with E-state index in [0.29, 0.717) is 16.1 Å². The second kappa shape index (κ2) is 4.79. The zero-order valence-electron chi connectivity index (χ0n) is 7.68. The van der Waals surface area contributed by atoms with Crippen molar-refractivity contribution < 1.29 is 9.13 Å². The van der Waals surface area contributed by atoms with E-state index in [9.17, 15) is 4.39 Å². The van der Waals surface area contributed by atoms with E-state index < -0.39 is 0 Å². The minimum absolute atomic E-state index is 0.197. The van der Waals surface area contributed by atoms with Gasteiger partial charge in [-0.1, -0.05) is 13.8 Å². The molecule has 13 heavy (non-hydrogen) atoms. The van der Waals surface area contributed by atoms with Crippen LogP contribution in [0.3, 0.4) is 0 Å². The Bertz CT molecular complexity index is 286. The van der Waals surface area contributed by atoms with Crippen molar-refractivity contribution in [2.24, 2.45) is 5.92 Å². The number of ether oxygens (including phenoxy) is 1. The minimum atomic E-state index is -0.197. The van der Waals surface area contributed by atoms with Gasteiger partial charge in [-0.3, -0.25) is 0 Å². The van der Waals surface area contributed by atoms with Crippen LogP contribution < -0.4 is 4.74 Å². The average Bonchev–Trinajstić information content (AvgIpc) is 2.07. The van der Waals surface area contributed by atoms with E-state index in [1.165, 1.54) is 6.07 Å². The molecule has 1 nitrogen and oxygen atoms in total. The van der Waals surface area contributed by atoms with Crippen LogP contribution in [0.15, 0.2) is 18.2 Å². The zero-order valence-corrected chi connectivity index (χ0v) is 9.84. The van der Waals surface area contributed by atoms with Crippen LogP contribution in [0.4, 0.5) is 4.39 Å². The van der Waals surface area contributed by atoms with Gasteiger partial charge in [-0.2, -0.15) is 0 Å². The predicted octanol–water partition coefficient (Wildman–Crippen LogP) is 3.47. The standard InChI is InChI=1S/C10H12FIO/c1-7(2)6-13-8-3-4-9(11)10(12)5-8/h3-5,7H,6H2,1-2H3. The van der Waals surface area contributed by atoms with E-state index in [4.69, 9.17) is 4.74 Å². The summed E-state index contributed by atoms with van der Waals surface area (Å²) in [4.78, 5) is 0. The van der Waals surface area contributed by atoms with Crippen LogP contribution in [-0.2, 0) is 0 Å². The lowest BCUT2D eigenvalue weighted by Gasteiger charge is -2.08. The highest BCUT2D eigenvalue weighted by Crippen LogP contribution is 2.18. The summed E-state index contributed by atoms with van der Waals surface area (Å²) in [6, 6.07) is 4.79. The molecule has 3 heteroatoms. The van der Waals surface area contributed by atoms with E-state index in [-0.39, 0.29) is 5.82 Å². The Hall–Kier alpha value is -0.320. The maximum absolute atomic E-state index is 12.8.